The zero-order chi connectivity index (χ0) is 18.5. The van der Waals surface area contributed by atoms with Crippen LogP contribution in [0.25, 0.3) is 11.1 Å². The average Bonchev–Trinajstić information content (AvgIpc) is 2.69. The van der Waals surface area contributed by atoms with Crippen molar-refractivity contribution in [3.63, 3.8) is 0 Å². The van der Waals surface area contributed by atoms with E-state index in [1.165, 1.54) is 0 Å². The van der Waals surface area contributed by atoms with Gasteiger partial charge in [-0.15, -0.1) is 0 Å². The molecule has 0 atom stereocenters. The van der Waals surface area contributed by atoms with Gasteiger partial charge in [-0.25, -0.2) is 0 Å². The van der Waals surface area contributed by atoms with Gasteiger partial charge in [-0.2, -0.15) is 0 Å². The molecular formula is C23H23NO3. The van der Waals surface area contributed by atoms with Crippen LogP contribution in [-0.4, -0.2) is 11.6 Å². The highest BCUT2D eigenvalue weighted by atomic mass is 16.9. The summed E-state index contributed by atoms with van der Waals surface area (Å²) in [6.45, 7) is 2.83. The maximum Gasteiger partial charge on any atom is 0.194 e. The van der Waals surface area contributed by atoms with E-state index in [4.69, 9.17) is 14.2 Å². The summed E-state index contributed by atoms with van der Waals surface area (Å²) in [7, 11) is 0. The topological polar surface area (TPSA) is 40.6 Å². The van der Waals surface area contributed by atoms with Crippen LogP contribution in [0.5, 0.6) is 5.75 Å². The van der Waals surface area contributed by atoms with Crippen molar-refractivity contribution >= 4 is 0 Å². The first-order valence-electron chi connectivity index (χ1n) is 9.38. The number of unbranched alkanes of at least 4 members (excludes halogenated alkanes) is 1. The third kappa shape index (κ3) is 4.02. The van der Waals surface area contributed by atoms with Crippen molar-refractivity contribution < 1.29 is 14.2 Å². The first-order valence-corrected chi connectivity index (χ1v) is 9.38. The van der Waals surface area contributed by atoms with Crippen LogP contribution in [0.1, 0.15) is 43.5 Å². The molecule has 0 spiro atoms. The number of hydrogen-bond acceptors (Lipinski definition) is 4. The Morgan fingerprint density at radius 2 is 1.78 bits per heavy atom. The van der Waals surface area contributed by atoms with Crippen molar-refractivity contribution in [2.45, 2.75) is 32.3 Å². The number of ether oxygens (including phenoxy) is 3. The van der Waals surface area contributed by atoms with Crippen LogP contribution >= 0.6 is 0 Å². The van der Waals surface area contributed by atoms with E-state index in [0.717, 1.165) is 40.8 Å². The van der Waals surface area contributed by atoms with E-state index in [1.807, 2.05) is 60.8 Å². The van der Waals surface area contributed by atoms with Crippen LogP contribution in [0, 0.1) is 0 Å². The van der Waals surface area contributed by atoms with Crippen molar-refractivity contribution in [1.82, 2.24) is 4.98 Å². The van der Waals surface area contributed by atoms with Gasteiger partial charge in [0.15, 0.2) is 12.6 Å². The van der Waals surface area contributed by atoms with Gasteiger partial charge >= 0.3 is 0 Å². The largest absolute Gasteiger partial charge is 0.493 e. The molecule has 1 aliphatic rings. The fraction of sp³-hybridized carbons (Fsp3) is 0.261. The molecule has 0 aliphatic carbocycles. The second kappa shape index (κ2) is 8.33. The summed E-state index contributed by atoms with van der Waals surface area (Å²) in [5.74, 6) is 0.807. The van der Waals surface area contributed by atoms with Crippen molar-refractivity contribution in [2.24, 2.45) is 0 Å². The van der Waals surface area contributed by atoms with E-state index in [1.54, 1.807) is 6.20 Å². The third-order valence-electron chi connectivity index (χ3n) is 4.58. The monoisotopic (exact) mass is 361 g/mol. The molecule has 4 heteroatoms. The summed E-state index contributed by atoms with van der Waals surface area (Å²) in [6, 6.07) is 20.1. The maximum atomic E-state index is 6.06. The Morgan fingerprint density at radius 1 is 0.926 bits per heavy atom. The van der Waals surface area contributed by atoms with Crippen LogP contribution in [0.3, 0.4) is 0 Å². The Morgan fingerprint density at radius 3 is 2.52 bits per heavy atom. The molecule has 4 rings (SSSR count). The van der Waals surface area contributed by atoms with Crippen molar-refractivity contribution in [3.05, 3.63) is 84.2 Å². The summed E-state index contributed by atoms with van der Waals surface area (Å²) in [6.07, 6.45) is 5.00. The quantitative estimate of drug-likeness (QED) is 0.508. The van der Waals surface area contributed by atoms with Gasteiger partial charge in [-0.3, -0.25) is 4.98 Å². The van der Waals surface area contributed by atoms with E-state index >= 15 is 0 Å². The molecule has 138 valence electrons. The minimum atomic E-state index is -0.408. The summed E-state index contributed by atoms with van der Waals surface area (Å²) in [5, 5.41) is 0. The Hall–Kier alpha value is -2.69. The second-order valence-corrected chi connectivity index (χ2v) is 6.54. The highest BCUT2D eigenvalue weighted by Gasteiger charge is 2.35. The predicted octanol–water partition coefficient (Wildman–Crippen LogP) is 5.67. The van der Waals surface area contributed by atoms with Crippen LogP contribution in [0.2, 0.25) is 0 Å². The number of nitrogens with zero attached hydrogens (tertiary/aromatic N) is 1. The lowest BCUT2D eigenvalue weighted by Gasteiger charge is -2.37. The summed E-state index contributed by atoms with van der Waals surface area (Å²) >= 11 is 0. The molecule has 0 unspecified atom stereocenters. The minimum absolute atomic E-state index is 0.322. The number of pyridine rings is 1. The molecule has 2 aromatic carbocycles. The molecular weight excluding hydrogens is 338 g/mol. The zero-order valence-electron chi connectivity index (χ0n) is 15.4. The molecule has 1 aromatic heterocycles. The number of aromatic nitrogens is 1. The van der Waals surface area contributed by atoms with Crippen LogP contribution in [0.4, 0.5) is 0 Å². The predicted molar refractivity (Wildman–Crippen MR) is 104 cm³/mol. The lowest BCUT2D eigenvalue weighted by molar-refractivity contribution is -0.397. The van der Waals surface area contributed by atoms with E-state index in [9.17, 15) is 0 Å². The summed E-state index contributed by atoms with van der Waals surface area (Å²) in [4.78, 5) is 4.20. The lowest BCUT2D eigenvalue weighted by atomic mass is 10.0. The number of hydrogen-bond donors (Lipinski definition) is 0. The molecule has 0 bridgehead atoms. The number of benzene rings is 2. The van der Waals surface area contributed by atoms with Gasteiger partial charge in [0.2, 0.25) is 0 Å². The van der Waals surface area contributed by atoms with Gasteiger partial charge in [-0.05, 0) is 30.2 Å². The molecule has 3 aromatic rings. The third-order valence-corrected chi connectivity index (χ3v) is 4.58. The highest BCUT2D eigenvalue weighted by molar-refractivity contribution is 5.65. The van der Waals surface area contributed by atoms with E-state index in [0.29, 0.717) is 6.61 Å². The molecule has 27 heavy (non-hydrogen) atoms. The van der Waals surface area contributed by atoms with Gasteiger partial charge in [0.25, 0.3) is 0 Å². The van der Waals surface area contributed by atoms with Gasteiger partial charge in [0.05, 0.1) is 12.2 Å². The van der Waals surface area contributed by atoms with Crippen LogP contribution < -0.4 is 4.74 Å². The van der Waals surface area contributed by atoms with Crippen molar-refractivity contribution in [3.8, 4) is 16.9 Å². The lowest BCUT2D eigenvalue weighted by Crippen LogP contribution is -2.27. The maximum absolute atomic E-state index is 6.06. The fourth-order valence-corrected chi connectivity index (χ4v) is 3.04. The van der Waals surface area contributed by atoms with Crippen LogP contribution in [-0.2, 0) is 9.47 Å². The Kier molecular flexibility index (Phi) is 5.47. The van der Waals surface area contributed by atoms with Crippen LogP contribution in [0.15, 0.2) is 73.1 Å². The fourth-order valence-electron chi connectivity index (χ4n) is 3.04. The molecule has 0 radical (unpaired) electrons. The van der Waals surface area contributed by atoms with Gasteiger partial charge in [0.1, 0.15) is 5.75 Å². The molecule has 0 N–H and O–H groups in total. The van der Waals surface area contributed by atoms with Gasteiger partial charge in [-0.1, -0.05) is 55.8 Å². The molecule has 0 amide bonds. The average molecular weight is 361 g/mol. The first kappa shape index (κ1) is 17.7. The van der Waals surface area contributed by atoms with E-state index in [2.05, 4.69) is 18.0 Å². The normalized spacial score (nSPS) is 18.7. The first-order chi connectivity index (χ1) is 13.3. The molecule has 1 fully saturated rings. The van der Waals surface area contributed by atoms with Crippen molar-refractivity contribution in [2.75, 3.05) is 6.61 Å². The standard InChI is InChI=1S/C23H23NO3/c1-2-3-14-25-21-15-18(19-10-7-13-24-16-19)11-12-20(21)23-26-22(27-23)17-8-5-4-6-9-17/h4-13,15-16,22-23H,2-3,14H2,1H3. The van der Waals surface area contributed by atoms with Gasteiger partial charge < -0.3 is 14.2 Å². The van der Waals surface area contributed by atoms with E-state index in [-0.39, 0.29) is 6.29 Å². The second-order valence-electron chi connectivity index (χ2n) is 6.54. The summed E-state index contributed by atoms with van der Waals surface area (Å²) < 4.78 is 18.0. The number of rotatable bonds is 7. The Bertz CT molecular complexity index is 861. The molecule has 0 saturated carbocycles. The molecule has 2 heterocycles. The molecule has 4 nitrogen and oxygen atoms in total. The Balaban J connectivity index is 1.54. The molecule has 1 aliphatic heterocycles. The van der Waals surface area contributed by atoms with E-state index < -0.39 is 6.29 Å². The Labute approximate surface area is 159 Å². The summed E-state index contributed by atoms with van der Waals surface area (Å²) in [5.41, 5.74) is 4.07. The zero-order valence-corrected chi connectivity index (χ0v) is 15.4. The highest BCUT2D eigenvalue weighted by Crippen LogP contribution is 2.45. The smallest absolute Gasteiger partial charge is 0.194 e. The van der Waals surface area contributed by atoms with Gasteiger partial charge in [0, 0.05) is 23.5 Å². The minimum Gasteiger partial charge on any atom is -0.493 e. The van der Waals surface area contributed by atoms with Crippen molar-refractivity contribution in [1.29, 1.82) is 0 Å². The molecule has 1 saturated heterocycles. The SMILES string of the molecule is CCCCOc1cc(-c2cccnc2)ccc1C1OC(c2ccccc2)O1.